The van der Waals surface area contributed by atoms with Gasteiger partial charge in [0.25, 0.3) is 0 Å². The summed E-state index contributed by atoms with van der Waals surface area (Å²) in [6.45, 7) is 2.00. The molecule has 0 radical (unpaired) electrons. The zero-order valence-electron chi connectivity index (χ0n) is 10.1. The molecule has 0 bridgehead atoms. The molecule has 0 saturated carbocycles. The fourth-order valence-electron chi connectivity index (χ4n) is 1.71. The average Bonchev–Trinajstić information content (AvgIpc) is 2.76. The van der Waals surface area contributed by atoms with Crippen molar-refractivity contribution in [3.8, 4) is 0 Å². The monoisotopic (exact) mass is 265 g/mol. The second-order valence-electron chi connectivity index (χ2n) is 4.11. The van der Waals surface area contributed by atoms with Crippen LogP contribution < -0.4 is 5.32 Å². The zero-order valence-corrected chi connectivity index (χ0v) is 10.9. The summed E-state index contributed by atoms with van der Waals surface area (Å²) in [5.74, 6) is 0.956. The van der Waals surface area contributed by atoms with E-state index in [1.807, 2.05) is 25.1 Å². The fraction of sp³-hybridized carbons (Fsp3) is 0.417. The van der Waals surface area contributed by atoms with E-state index in [2.05, 4.69) is 10.3 Å². The van der Waals surface area contributed by atoms with Gasteiger partial charge in [-0.05, 0) is 19.1 Å². The molecule has 1 atom stereocenters. The van der Waals surface area contributed by atoms with E-state index in [1.165, 1.54) is 11.8 Å². The van der Waals surface area contributed by atoms with Crippen LogP contribution in [0.4, 0.5) is 0 Å². The van der Waals surface area contributed by atoms with E-state index < -0.39 is 0 Å². The molecule has 0 aromatic carbocycles. The minimum absolute atomic E-state index is 0.0284. The van der Waals surface area contributed by atoms with Crippen LogP contribution in [0.1, 0.15) is 18.7 Å². The van der Waals surface area contributed by atoms with E-state index in [0.717, 1.165) is 5.69 Å². The van der Waals surface area contributed by atoms with Gasteiger partial charge in [-0.2, -0.15) is 0 Å². The van der Waals surface area contributed by atoms with Crippen molar-refractivity contribution < 1.29 is 9.59 Å². The van der Waals surface area contributed by atoms with Crippen LogP contribution >= 0.6 is 11.8 Å². The molecule has 1 aromatic heterocycles. The van der Waals surface area contributed by atoms with E-state index in [-0.39, 0.29) is 24.4 Å². The van der Waals surface area contributed by atoms with Crippen LogP contribution in [0.3, 0.4) is 0 Å². The fourth-order valence-corrected chi connectivity index (χ4v) is 2.61. The Balaban J connectivity index is 1.86. The van der Waals surface area contributed by atoms with Gasteiger partial charge >= 0.3 is 0 Å². The minimum Gasteiger partial charge on any atom is -0.346 e. The van der Waals surface area contributed by atoms with E-state index in [9.17, 15) is 9.59 Å². The number of thioether (sulfide) groups is 1. The van der Waals surface area contributed by atoms with Crippen LogP contribution in [0.5, 0.6) is 0 Å². The summed E-state index contributed by atoms with van der Waals surface area (Å²) in [5, 5.41) is 2.84. The Morgan fingerprint density at radius 3 is 3.06 bits per heavy atom. The molecule has 5 nitrogen and oxygen atoms in total. The van der Waals surface area contributed by atoms with Gasteiger partial charge < -0.3 is 10.2 Å². The Kier molecular flexibility index (Phi) is 4.19. The van der Waals surface area contributed by atoms with Crippen LogP contribution in [-0.4, -0.2) is 39.9 Å². The quantitative estimate of drug-likeness (QED) is 0.874. The number of aromatic nitrogens is 1. The second kappa shape index (κ2) is 5.86. The van der Waals surface area contributed by atoms with Crippen LogP contribution in [0, 0.1) is 0 Å². The lowest BCUT2D eigenvalue weighted by Gasteiger charge is -2.17. The summed E-state index contributed by atoms with van der Waals surface area (Å²) >= 11 is 1.53. The van der Waals surface area contributed by atoms with Gasteiger partial charge in [0.2, 0.25) is 11.8 Å². The molecule has 0 aliphatic carbocycles. The van der Waals surface area contributed by atoms with Crippen LogP contribution in [-0.2, 0) is 9.59 Å². The van der Waals surface area contributed by atoms with Crippen LogP contribution in [0.25, 0.3) is 0 Å². The number of amides is 2. The van der Waals surface area contributed by atoms with Gasteiger partial charge in [-0.25, -0.2) is 0 Å². The molecule has 6 heteroatoms. The largest absolute Gasteiger partial charge is 0.346 e. The van der Waals surface area contributed by atoms with Gasteiger partial charge in [-0.1, -0.05) is 6.07 Å². The normalized spacial score (nSPS) is 16.7. The number of hydrogen-bond donors (Lipinski definition) is 1. The lowest BCUT2D eigenvalue weighted by atomic mass is 10.2. The van der Waals surface area contributed by atoms with Crippen molar-refractivity contribution in [2.45, 2.75) is 13.0 Å². The van der Waals surface area contributed by atoms with Gasteiger partial charge in [-0.15, -0.1) is 11.8 Å². The molecule has 2 heterocycles. The van der Waals surface area contributed by atoms with Crippen LogP contribution in [0.15, 0.2) is 24.4 Å². The van der Waals surface area contributed by atoms with Crippen molar-refractivity contribution in [2.24, 2.45) is 0 Å². The number of carbonyl (C=O) groups is 2. The summed E-state index contributed by atoms with van der Waals surface area (Å²) in [6, 6.07) is 5.43. The number of rotatable bonds is 4. The summed E-state index contributed by atoms with van der Waals surface area (Å²) in [5.41, 5.74) is 0.813. The highest BCUT2D eigenvalue weighted by Crippen LogP contribution is 2.14. The van der Waals surface area contributed by atoms with Crippen molar-refractivity contribution >= 4 is 23.6 Å². The van der Waals surface area contributed by atoms with Crippen molar-refractivity contribution in [3.63, 3.8) is 0 Å². The van der Waals surface area contributed by atoms with Gasteiger partial charge in [-0.3, -0.25) is 14.6 Å². The molecule has 96 valence electrons. The van der Waals surface area contributed by atoms with E-state index in [0.29, 0.717) is 11.6 Å². The molecule has 1 unspecified atom stereocenters. The SMILES string of the molecule is CC(NC(=O)CN1CSCC1=O)c1ccccn1. The average molecular weight is 265 g/mol. The zero-order chi connectivity index (χ0) is 13.0. The first-order valence-corrected chi connectivity index (χ1v) is 6.88. The molecule has 2 rings (SSSR count). The Bertz CT molecular complexity index is 438. The first-order valence-electron chi connectivity index (χ1n) is 5.72. The number of hydrogen-bond acceptors (Lipinski definition) is 4. The highest BCUT2D eigenvalue weighted by molar-refractivity contribution is 8.00. The molecular formula is C12H15N3O2S. The molecule has 1 N–H and O–H groups in total. The first-order chi connectivity index (χ1) is 8.66. The predicted octanol–water partition coefficient (Wildman–Crippen LogP) is 0.792. The third kappa shape index (κ3) is 3.22. The molecule has 1 aromatic rings. The van der Waals surface area contributed by atoms with Crippen LogP contribution in [0.2, 0.25) is 0 Å². The summed E-state index contributed by atoms with van der Waals surface area (Å²) < 4.78 is 0. The Morgan fingerprint density at radius 2 is 2.44 bits per heavy atom. The third-order valence-corrected chi connectivity index (χ3v) is 3.61. The number of pyridine rings is 1. The lowest BCUT2D eigenvalue weighted by molar-refractivity contribution is -0.132. The highest BCUT2D eigenvalue weighted by Gasteiger charge is 2.23. The number of nitrogens with one attached hydrogen (secondary N) is 1. The number of carbonyl (C=O) groups excluding carboxylic acids is 2. The summed E-state index contributed by atoms with van der Waals surface area (Å²) in [6.07, 6.45) is 1.69. The maximum absolute atomic E-state index is 11.8. The molecule has 1 saturated heterocycles. The first kappa shape index (κ1) is 12.9. The highest BCUT2D eigenvalue weighted by atomic mass is 32.2. The van der Waals surface area contributed by atoms with Gasteiger partial charge in [0, 0.05) is 6.20 Å². The second-order valence-corrected chi connectivity index (χ2v) is 5.07. The van der Waals surface area contributed by atoms with Gasteiger partial charge in [0.15, 0.2) is 0 Å². The Hall–Kier alpha value is -1.56. The van der Waals surface area contributed by atoms with E-state index in [1.54, 1.807) is 11.1 Å². The molecule has 2 amide bonds. The van der Waals surface area contributed by atoms with Gasteiger partial charge in [0.05, 0.1) is 23.4 Å². The standard InChI is InChI=1S/C12H15N3O2S/c1-9(10-4-2-3-5-13-10)14-11(16)6-15-8-18-7-12(15)17/h2-5,9H,6-8H2,1H3,(H,14,16). The molecular weight excluding hydrogens is 250 g/mol. The Labute approximate surface area is 110 Å². The van der Waals surface area contributed by atoms with E-state index >= 15 is 0 Å². The van der Waals surface area contributed by atoms with E-state index in [4.69, 9.17) is 0 Å². The number of nitrogens with zero attached hydrogens (tertiary/aromatic N) is 2. The van der Waals surface area contributed by atoms with Crippen molar-refractivity contribution in [1.29, 1.82) is 0 Å². The van der Waals surface area contributed by atoms with Crippen molar-refractivity contribution in [2.75, 3.05) is 18.2 Å². The molecule has 0 spiro atoms. The maximum Gasteiger partial charge on any atom is 0.240 e. The smallest absolute Gasteiger partial charge is 0.240 e. The topological polar surface area (TPSA) is 62.3 Å². The molecule has 1 fully saturated rings. The minimum atomic E-state index is -0.149. The predicted molar refractivity (Wildman–Crippen MR) is 69.8 cm³/mol. The molecule has 1 aliphatic rings. The lowest BCUT2D eigenvalue weighted by Crippen LogP contribution is -2.39. The summed E-state index contributed by atoms with van der Waals surface area (Å²) in [7, 11) is 0. The maximum atomic E-state index is 11.8. The van der Waals surface area contributed by atoms with Crippen molar-refractivity contribution in [3.05, 3.63) is 30.1 Å². The molecule has 1 aliphatic heterocycles. The Morgan fingerprint density at radius 1 is 1.61 bits per heavy atom. The summed E-state index contributed by atoms with van der Waals surface area (Å²) in [4.78, 5) is 28.9. The third-order valence-electron chi connectivity index (χ3n) is 2.67. The van der Waals surface area contributed by atoms with Crippen molar-refractivity contribution in [1.82, 2.24) is 15.2 Å². The molecule has 18 heavy (non-hydrogen) atoms. The van der Waals surface area contributed by atoms with Gasteiger partial charge in [0.1, 0.15) is 6.54 Å².